The Balaban J connectivity index is 1.81. The van der Waals surface area contributed by atoms with Crippen LogP contribution in [0.4, 0.5) is 30.2 Å². The lowest BCUT2D eigenvalue weighted by molar-refractivity contribution is -0.137. The zero-order valence-electron chi connectivity index (χ0n) is 19.7. The summed E-state index contributed by atoms with van der Waals surface area (Å²) >= 11 is 1.27. The molecule has 1 saturated heterocycles. The number of nitrogens with one attached hydrogen (secondary N) is 2. The van der Waals surface area contributed by atoms with Crippen molar-refractivity contribution in [1.82, 2.24) is 4.67 Å². The lowest BCUT2D eigenvalue weighted by Crippen LogP contribution is -2.39. The number of nitrogens with zero attached hydrogens (tertiary/aromatic N) is 2. The highest BCUT2D eigenvalue weighted by molar-refractivity contribution is 7.71. The van der Waals surface area contributed by atoms with E-state index in [4.69, 9.17) is 4.74 Å². The maximum absolute atomic E-state index is 14.8. The number of carbonyl (C=O) groups excluding carboxylic acids is 1. The van der Waals surface area contributed by atoms with Gasteiger partial charge in [-0.2, -0.15) is 13.2 Å². The van der Waals surface area contributed by atoms with Crippen LogP contribution < -0.4 is 20.6 Å². The monoisotopic (exact) mass is 538 g/mol. The fraction of sp³-hybridized carbons (Fsp3) is 0.292. The molecular formula is C24H26F3N4O3PS. The number of amides is 1. The summed E-state index contributed by atoms with van der Waals surface area (Å²) in [6.07, 6.45) is -4.55. The molecule has 1 amide bonds. The van der Waals surface area contributed by atoms with E-state index in [9.17, 15) is 22.5 Å². The van der Waals surface area contributed by atoms with Gasteiger partial charge >= 0.3 is 6.18 Å². The molecule has 0 unspecified atom stereocenters. The molecule has 1 aromatic heterocycles. The number of morpholine rings is 1. The lowest BCUT2D eigenvalue weighted by Gasteiger charge is -2.36. The molecule has 2 N–H and O–H groups in total. The number of hydrogen-bond donors (Lipinski definition) is 2. The number of ether oxygens (including phenoxy) is 1. The molecule has 0 saturated carbocycles. The van der Waals surface area contributed by atoms with Gasteiger partial charge in [-0.25, -0.2) is 4.67 Å². The number of halogens is 3. The summed E-state index contributed by atoms with van der Waals surface area (Å²) in [6.45, 7) is 1.25. The maximum atomic E-state index is 14.8. The normalized spacial score (nSPS) is 16.2. The second-order valence-electron chi connectivity index (χ2n) is 8.36. The topological polar surface area (TPSA) is 73.9 Å². The quantitative estimate of drug-likeness (QED) is 0.396. The predicted octanol–water partition coefficient (Wildman–Crippen LogP) is 5.35. The molecule has 0 radical (unpaired) electrons. The van der Waals surface area contributed by atoms with E-state index in [2.05, 4.69) is 10.4 Å². The summed E-state index contributed by atoms with van der Waals surface area (Å²) < 4.78 is 62.0. The molecular weight excluding hydrogens is 512 g/mol. The molecule has 2 heterocycles. The number of alkyl halides is 3. The second-order valence-corrected chi connectivity index (χ2v) is 11.7. The molecule has 3 aromatic rings. The van der Waals surface area contributed by atoms with E-state index >= 15 is 0 Å². The zero-order valence-corrected chi connectivity index (χ0v) is 21.4. The average Bonchev–Trinajstić information content (AvgIpc) is 3.39. The van der Waals surface area contributed by atoms with E-state index in [1.54, 1.807) is 40.4 Å². The van der Waals surface area contributed by atoms with E-state index in [1.165, 1.54) is 23.5 Å². The molecule has 4 rings (SSSR count). The van der Waals surface area contributed by atoms with Crippen LogP contribution in [-0.2, 0) is 15.5 Å². The minimum absolute atomic E-state index is 0.0619. The summed E-state index contributed by atoms with van der Waals surface area (Å²) in [5, 5.41) is 7.85. The van der Waals surface area contributed by atoms with Gasteiger partial charge in [-0.15, -0.1) is 11.3 Å². The first-order valence-corrected chi connectivity index (χ1v) is 13.7. The van der Waals surface area contributed by atoms with Crippen molar-refractivity contribution in [1.29, 1.82) is 0 Å². The van der Waals surface area contributed by atoms with Crippen LogP contribution in [0, 0.1) is 0 Å². The number of carbonyl (C=O) groups is 1. The summed E-state index contributed by atoms with van der Waals surface area (Å²) in [7, 11) is -0.0845. The first-order chi connectivity index (χ1) is 17.1. The van der Waals surface area contributed by atoms with E-state index in [0.29, 0.717) is 36.9 Å². The molecule has 1 aliphatic rings. The van der Waals surface area contributed by atoms with Gasteiger partial charge in [-0.05, 0) is 47.8 Å². The number of hydrogen-bond acceptors (Lipinski definition) is 5. The first-order valence-electron chi connectivity index (χ1n) is 11.1. The molecule has 1 atom stereocenters. The van der Waals surface area contributed by atoms with Crippen LogP contribution in [-0.4, -0.2) is 51.0 Å². The Morgan fingerprint density at radius 2 is 1.83 bits per heavy atom. The van der Waals surface area contributed by atoms with Gasteiger partial charge in [0.05, 0.1) is 34.6 Å². The van der Waals surface area contributed by atoms with Crippen LogP contribution in [0.1, 0.15) is 15.2 Å². The summed E-state index contributed by atoms with van der Waals surface area (Å²) in [5.74, 6) is -0.366. The maximum Gasteiger partial charge on any atom is 0.416 e. The molecule has 36 heavy (non-hydrogen) atoms. The number of rotatable bonds is 7. The van der Waals surface area contributed by atoms with Crippen molar-refractivity contribution in [3.05, 3.63) is 70.4 Å². The fourth-order valence-electron chi connectivity index (χ4n) is 3.82. The van der Waals surface area contributed by atoms with Crippen LogP contribution in [0.15, 0.2) is 60.0 Å². The van der Waals surface area contributed by atoms with Crippen molar-refractivity contribution in [2.45, 2.75) is 6.18 Å². The van der Waals surface area contributed by atoms with Crippen LogP contribution in [0.3, 0.4) is 0 Å². The first kappa shape index (κ1) is 26.2. The fourth-order valence-corrected chi connectivity index (χ4v) is 6.94. The highest BCUT2D eigenvalue weighted by atomic mass is 32.1. The minimum atomic E-state index is -4.55. The SMILES string of the molecule is CN(C)c1ccc([P@](=O)(Nc2cccc(C(F)(F)F)c2)N2CCOCC2)c(NC(=O)c2cccs2)c1. The molecule has 192 valence electrons. The van der Waals surface area contributed by atoms with Crippen molar-refractivity contribution in [2.75, 3.05) is 55.7 Å². The molecule has 0 aliphatic carbocycles. The van der Waals surface area contributed by atoms with E-state index in [1.807, 2.05) is 19.0 Å². The van der Waals surface area contributed by atoms with Gasteiger partial charge in [-0.1, -0.05) is 12.1 Å². The zero-order chi connectivity index (χ0) is 25.9. The third kappa shape index (κ3) is 5.75. The predicted molar refractivity (Wildman–Crippen MR) is 138 cm³/mol. The van der Waals surface area contributed by atoms with Crippen molar-refractivity contribution >= 4 is 47.1 Å². The van der Waals surface area contributed by atoms with Crippen LogP contribution >= 0.6 is 18.8 Å². The van der Waals surface area contributed by atoms with Crippen LogP contribution in [0.5, 0.6) is 0 Å². The largest absolute Gasteiger partial charge is 0.416 e. The molecule has 2 aromatic carbocycles. The Hall–Kier alpha value is -2.85. The third-order valence-corrected chi connectivity index (χ3v) is 9.34. The van der Waals surface area contributed by atoms with Crippen molar-refractivity contribution in [3.8, 4) is 0 Å². The number of benzene rings is 2. The van der Waals surface area contributed by atoms with Gasteiger partial charge in [-0.3, -0.25) is 9.36 Å². The molecule has 0 bridgehead atoms. The standard InChI is InChI=1S/C24H26F3N4O3PS/c1-30(2)19-8-9-21(20(16-19)28-23(32)22-7-4-14-36-22)35(33,31-10-12-34-13-11-31)29-18-6-3-5-17(15-18)24(25,26)27/h3-9,14-16H,10-13H2,1-2H3,(H,28,32)(H,29,33)/t35-/m0/s1. The Bertz CT molecular complexity index is 1260. The second kappa shape index (κ2) is 10.6. The van der Waals surface area contributed by atoms with Gasteiger partial charge in [0.15, 0.2) is 0 Å². The highest BCUT2D eigenvalue weighted by Gasteiger charge is 2.38. The van der Waals surface area contributed by atoms with Crippen molar-refractivity contribution in [3.63, 3.8) is 0 Å². The smallest absolute Gasteiger partial charge is 0.379 e. The van der Waals surface area contributed by atoms with Gasteiger partial charge in [0.1, 0.15) is 0 Å². The molecule has 1 aliphatic heterocycles. The molecule has 7 nitrogen and oxygen atoms in total. The average molecular weight is 539 g/mol. The molecule has 12 heteroatoms. The number of anilines is 3. The molecule has 0 spiro atoms. The van der Waals surface area contributed by atoms with Gasteiger partial charge < -0.3 is 20.0 Å². The Labute approximate surface area is 211 Å². The number of thiophene rings is 1. The summed E-state index contributed by atoms with van der Waals surface area (Å²) in [6, 6.07) is 13.2. The Morgan fingerprint density at radius 1 is 1.08 bits per heavy atom. The van der Waals surface area contributed by atoms with E-state index < -0.39 is 19.2 Å². The van der Waals surface area contributed by atoms with Gasteiger partial charge in [0.25, 0.3) is 13.4 Å². The van der Waals surface area contributed by atoms with E-state index in [-0.39, 0.29) is 16.9 Å². The van der Waals surface area contributed by atoms with Gasteiger partial charge in [0, 0.05) is 38.6 Å². The summed E-state index contributed by atoms with van der Waals surface area (Å²) in [4.78, 5) is 15.3. The van der Waals surface area contributed by atoms with Crippen molar-refractivity contribution < 1.29 is 27.3 Å². The van der Waals surface area contributed by atoms with E-state index in [0.717, 1.165) is 17.8 Å². The van der Waals surface area contributed by atoms with Crippen LogP contribution in [0.25, 0.3) is 0 Å². The van der Waals surface area contributed by atoms with Gasteiger partial charge in [0.2, 0.25) is 0 Å². The Morgan fingerprint density at radius 3 is 2.47 bits per heavy atom. The van der Waals surface area contributed by atoms with Crippen molar-refractivity contribution in [2.24, 2.45) is 0 Å². The Kier molecular flexibility index (Phi) is 7.75. The third-order valence-electron chi connectivity index (χ3n) is 5.67. The molecule has 1 fully saturated rings. The summed E-state index contributed by atoms with van der Waals surface area (Å²) in [5.41, 5.74) is 0.281. The minimum Gasteiger partial charge on any atom is -0.379 e. The lowest BCUT2D eigenvalue weighted by atomic mass is 10.2. The highest BCUT2D eigenvalue weighted by Crippen LogP contribution is 2.51. The van der Waals surface area contributed by atoms with Crippen LogP contribution in [0.2, 0.25) is 0 Å².